The molecule has 0 aliphatic carbocycles. The Morgan fingerprint density at radius 1 is 0.886 bits per heavy atom. The van der Waals surface area contributed by atoms with E-state index < -0.39 is 5.44 Å². The maximum absolute atomic E-state index is 13.5. The van der Waals surface area contributed by atoms with E-state index in [0.29, 0.717) is 17.1 Å². The van der Waals surface area contributed by atoms with Crippen LogP contribution in [0.15, 0.2) is 66.2 Å². The van der Waals surface area contributed by atoms with Gasteiger partial charge in [0.2, 0.25) is 0 Å². The number of hydrogen-bond donors (Lipinski definition) is 2. The Hall–Kier alpha value is -2.92. The molecule has 10 heteroatoms. The van der Waals surface area contributed by atoms with Crippen molar-refractivity contribution >= 4 is 22.9 Å². The summed E-state index contributed by atoms with van der Waals surface area (Å²) in [6, 6.07) is 13.0. The van der Waals surface area contributed by atoms with Crippen molar-refractivity contribution in [2.45, 2.75) is 22.9 Å². The van der Waals surface area contributed by atoms with Gasteiger partial charge in [-0.05, 0) is 41.8 Å². The highest BCUT2D eigenvalue weighted by Gasteiger charge is 2.27. The number of aromatic nitrogens is 4. The number of hydrogen-bond acceptors (Lipinski definition) is 7. The number of rotatable bonds is 8. The molecule has 2 N–H and O–H groups in total. The maximum atomic E-state index is 13.5. The average molecular weight is 497 g/mol. The Bertz CT molecular complexity index is 1200. The highest BCUT2D eigenvalue weighted by atomic mass is 32.2. The number of aromatic amines is 1. The van der Waals surface area contributed by atoms with E-state index >= 15 is 0 Å². The minimum Gasteiger partial charge on any atom is -0.382 e. The van der Waals surface area contributed by atoms with Crippen LogP contribution in [0, 0.1) is 11.6 Å². The zero-order valence-corrected chi connectivity index (χ0v) is 19.8. The van der Waals surface area contributed by atoms with E-state index in [1.165, 1.54) is 42.4 Å². The molecule has 1 atom stereocenters. The molecule has 0 radical (unpaired) electrons. The van der Waals surface area contributed by atoms with E-state index in [1.807, 2.05) is 0 Å². The minimum absolute atomic E-state index is 0.0749. The fraction of sp³-hybridized carbons (Fsp3) is 0.320. The van der Waals surface area contributed by atoms with Crippen LogP contribution in [0.3, 0.4) is 0 Å². The Labute approximate surface area is 206 Å². The summed E-state index contributed by atoms with van der Waals surface area (Å²) >= 11 is 1.30. The lowest BCUT2D eigenvalue weighted by Gasteiger charge is -2.40. The molecule has 182 valence electrons. The fourth-order valence-corrected chi connectivity index (χ4v) is 5.32. The Kier molecular flexibility index (Phi) is 7.33. The summed E-state index contributed by atoms with van der Waals surface area (Å²) in [5.41, 5.74) is 2.68. The quantitative estimate of drug-likeness (QED) is 0.218. The van der Waals surface area contributed by atoms with Gasteiger partial charge in [0.15, 0.2) is 5.65 Å². The largest absolute Gasteiger partial charge is 0.382 e. The number of thioether (sulfide) groups is 1. The lowest BCUT2D eigenvalue weighted by atomic mass is 9.96. The Balaban J connectivity index is 1.19. The zero-order chi connectivity index (χ0) is 24.2. The molecule has 4 aromatic rings. The summed E-state index contributed by atoms with van der Waals surface area (Å²) in [7, 11) is 0. The summed E-state index contributed by atoms with van der Waals surface area (Å²) in [6.45, 7) is 4.06. The number of fused-ring (bicyclic) bond motifs is 1. The first-order chi connectivity index (χ1) is 17.1. The summed E-state index contributed by atoms with van der Waals surface area (Å²) in [5, 5.41) is 11.3. The molecular formula is C25H26F2N6OS. The SMILES string of the molecule is OC(CCN1CCN(C(c2ccc(F)cc2)c2ccc(F)cc2)CC1)Sc1ncnc2nc[nH]c12. The third kappa shape index (κ3) is 5.67. The monoisotopic (exact) mass is 496 g/mol. The molecule has 0 amide bonds. The number of piperazine rings is 1. The lowest BCUT2D eigenvalue weighted by Crippen LogP contribution is -2.48. The Morgan fingerprint density at radius 3 is 2.14 bits per heavy atom. The van der Waals surface area contributed by atoms with E-state index in [0.717, 1.165) is 49.4 Å². The number of nitrogens with zero attached hydrogens (tertiary/aromatic N) is 5. The molecular weight excluding hydrogens is 470 g/mol. The molecule has 1 saturated heterocycles. The number of nitrogens with one attached hydrogen (secondary N) is 1. The van der Waals surface area contributed by atoms with Crippen molar-refractivity contribution in [3.8, 4) is 0 Å². The van der Waals surface area contributed by atoms with Crippen LogP contribution in [0.4, 0.5) is 8.78 Å². The highest BCUT2D eigenvalue weighted by Crippen LogP contribution is 2.31. The van der Waals surface area contributed by atoms with Gasteiger partial charge < -0.3 is 15.0 Å². The summed E-state index contributed by atoms with van der Waals surface area (Å²) in [5.74, 6) is -0.550. The Morgan fingerprint density at radius 2 is 1.51 bits per heavy atom. The van der Waals surface area contributed by atoms with Crippen molar-refractivity contribution in [2.24, 2.45) is 0 Å². The van der Waals surface area contributed by atoms with Crippen LogP contribution in [0.5, 0.6) is 0 Å². The molecule has 1 aliphatic rings. The smallest absolute Gasteiger partial charge is 0.181 e. The molecule has 5 rings (SSSR count). The summed E-state index contributed by atoms with van der Waals surface area (Å²) in [6.07, 6.45) is 3.63. The molecule has 35 heavy (non-hydrogen) atoms. The maximum Gasteiger partial charge on any atom is 0.181 e. The molecule has 2 aromatic carbocycles. The first kappa shape index (κ1) is 23.8. The van der Waals surface area contributed by atoms with E-state index in [-0.39, 0.29) is 17.7 Å². The van der Waals surface area contributed by atoms with Gasteiger partial charge in [0.1, 0.15) is 33.9 Å². The van der Waals surface area contributed by atoms with E-state index in [4.69, 9.17) is 0 Å². The second kappa shape index (κ2) is 10.8. The van der Waals surface area contributed by atoms with Gasteiger partial charge in [0.05, 0.1) is 12.4 Å². The van der Waals surface area contributed by atoms with Crippen molar-refractivity contribution in [3.05, 3.63) is 83.9 Å². The van der Waals surface area contributed by atoms with Gasteiger partial charge in [0.25, 0.3) is 0 Å². The van der Waals surface area contributed by atoms with Gasteiger partial charge in [-0.2, -0.15) is 0 Å². The van der Waals surface area contributed by atoms with Crippen molar-refractivity contribution < 1.29 is 13.9 Å². The van der Waals surface area contributed by atoms with Crippen molar-refractivity contribution in [3.63, 3.8) is 0 Å². The zero-order valence-electron chi connectivity index (χ0n) is 19.0. The standard InChI is InChI=1S/C25H26F2N6OS/c26-19-5-1-17(2-6-19)23(18-3-7-20(27)8-4-18)33-13-11-32(12-14-33)10-9-21(34)35-25-22-24(29-15-28-22)30-16-31-25/h1-8,15-16,21,23,34H,9-14H2,(H,28,29,30,31). The molecule has 1 fully saturated rings. The second-order valence-electron chi connectivity index (χ2n) is 8.52. The normalized spacial score (nSPS) is 16.2. The van der Waals surface area contributed by atoms with Crippen molar-refractivity contribution in [2.75, 3.05) is 32.7 Å². The predicted octanol–water partition coefficient (Wildman–Crippen LogP) is 3.84. The van der Waals surface area contributed by atoms with Crippen LogP contribution in [0.25, 0.3) is 11.2 Å². The van der Waals surface area contributed by atoms with Crippen LogP contribution >= 0.6 is 11.8 Å². The first-order valence-electron chi connectivity index (χ1n) is 11.5. The molecule has 0 bridgehead atoms. The van der Waals surface area contributed by atoms with Crippen LogP contribution < -0.4 is 0 Å². The van der Waals surface area contributed by atoms with Gasteiger partial charge in [-0.1, -0.05) is 36.0 Å². The summed E-state index contributed by atoms with van der Waals surface area (Å²) in [4.78, 5) is 20.2. The van der Waals surface area contributed by atoms with E-state index in [2.05, 4.69) is 29.7 Å². The van der Waals surface area contributed by atoms with Crippen LogP contribution in [0.1, 0.15) is 23.6 Å². The molecule has 3 heterocycles. The van der Waals surface area contributed by atoms with Gasteiger partial charge in [-0.15, -0.1) is 0 Å². The number of H-pyrrole nitrogens is 1. The lowest BCUT2D eigenvalue weighted by molar-refractivity contribution is 0.101. The first-order valence-corrected chi connectivity index (χ1v) is 12.4. The number of benzene rings is 2. The molecule has 0 spiro atoms. The topological polar surface area (TPSA) is 81.2 Å². The molecule has 1 aliphatic heterocycles. The molecule has 1 unspecified atom stereocenters. The minimum atomic E-state index is -0.597. The van der Waals surface area contributed by atoms with Gasteiger partial charge >= 0.3 is 0 Å². The molecule has 7 nitrogen and oxygen atoms in total. The van der Waals surface area contributed by atoms with Crippen LogP contribution in [-0.2, 0) is 0 Å². The van der Waals surface area contributed by atoms with Crippen LogP contribution in [0.2, 0.25) is 0 Å². The van der Waals surface area contributed by atoms with E-state index in [1.54, 1.807) is 30.6 Å². The van der Waals surface area contributed by atoms with Crippen LogP contribution in [-0.4, -0.2) is 73.0 Å². The third-order valence-corrected chi connectivity index (χ3v) is 7.31. The molecule has 0 saturated carbocycles. The average Bonchev–Trinajstić information content (AvgIpc) is 3.36. The van der Waals surface area contributed by atoms with E-state index in [9.17, 15) is 13.9 Å². The van der Waals surface area contributed by atoms with Crippen molar-refractivity contribution in [1.29, 1.82) is 0 Å². The van der Waals surface area contributed by atoms with Gasteiger partial charge in [0, 0.05) is 32.7 Å². The fourth-order valence-electron chi connectivity index (χ4n) is 4.46. The number of imidazole rings is 1. The molecule has 2 aromatic heterocycles. The summed E-state index contributed by atoms with van der Waals surface area (Å²) < 4.78 is 27.1. The van der Waals surface area contributed by atoms with Gasteiger partial charge in [-0.25, -0.2) is 23.7 Å². The number of aliphatic hydroxyl groups is 1. The predicted molar refractivity (Wildman–Crippen MR) is 131 cm³/mol. The number of aliphatic hydroxyl groups excluding tert-OH is 1. The highest BCUT2D eigenvalue weighted by molar-refractivity contribution is 7.99. The third-order valence-electron chi connectivity index (χ3n) is 6.27. The second-order valence-corrected chi connectivity index (χ2v) is 9.69. The van der Waals surface area contributed by atoms with Crippen molar-refractivity contribution in [1.82, 2.24) is 29.7 Å². The van der Waals surface area contributed by atoms with Gasteiger partial charge in [-0.3, -0.25) is 4.90 Å². The number of halogens is 2.